The summed E-state index contributed by atoms with van der Waals surface area (Å²) in [6, 6.07) is 15.7. The van der Waals surface area contributed by atoms with Crippen molar-refractivity contribution in [2.75, 3.05) is 20.8 Å². The Bertz CT molecular complexity index is 1810. The highest BCUT2D eigenvalue weighted by molar-refractivity contribution is 7.21. The number of aromatic nitrogens is 1. The Labute approximate surface area is 239 Å². The Balaban J connectivity index is 1.53. The highest BCUT2D eigenvalue weighted by atomic mass is 35.5. The van der Waals surface area contributed by atoms with E-state index in [2.05, 4.69) is 4.98 Å². The van der Waals surface area contributed by atoms with E-state index in [0.717, 1.165) is 38.9 Å². The number of nitrogens with one attached hydrogen (secondary N) is 1. The third-order valence-corrected chi connectivity index (χ3v) is 8.72. The molecule has 5 aromatic rings. The molecule has 0 bridgehead atoms. The van der Waals surface area contributed by atoms with E-state index in [1.54, 1.807) is 25.2 Å². The molecular weight excluding hydrogens is 551 g/mol. The van der Waals surface area contributed by atoms with Crippen LogP contribution in [0.5, 0.6) is 11.5 Å². The van der Waals surface area contributed by atoms with E-state index in [0.29, 0.717) is 45.0 Å². The molecule has 5 rings (SSSR count). The number of H-pyrrole nitrogens is 1. The molecule has 0 fully saturated rings. The van der Waals surface area contributed by atoms with Crippen molar-refractivity contribution in [3.8, 4) is 11.5 Å². The molecule has 0 saturated carbocycles. The zero-order valence-corrected chi connectivity index (χ0v) is 24.1. The number of hydrogen-bond acceptors (Lipinski definition) is 5. The number of halogens is 2. The molecule has 0 aliphatic heterocycles. The van der Waals surface area contributed by atoms with Crippen molar-refractivity contribution in [1.82, 2.24) is 9.88 Å². The highest BCUT2D eigenvalue weighted by Gasteiger charge is 2.24. The zero-order chi connectivity index (χ0) is 28.6. The summed E-state index contributed by atoms with van der Waals surface area (Å²) < 4.78 is 25.3. The van der Waals surface area contributed by atoms with E-state index < -0.39 is 5.82 Å². The number of carbonyl (C=O) groups is 1. The zero-order valence-electron chi connectivity index (χ0n) is 22.6. The first kappa shape index (κ1) is 27.7. The first-order valence-corrected chi connectivity index (χ1v) is 13.9. The normalized spacial score (nSPS) is 11.2. The molecule has 0 aliphatic carbocycles. The third-order valence-electron chi connectivity index (χ3n) is 7.07. The van der Waals surface area contributed by atoms with Crippen LogP contribution in [-0.4, -0.2) is 36.6 Å². The molecule has 0 atom stereocenters. The second kappa shape index (κ2) is 11.3. The second-order valence-electron chi connectivity index (χ2n) is 9.66. The topological polar surface area (TPSA) is 71.6 Å². The minimum atomic E-state index is -0.400. The summed E-state index contributed by atoms with van der Waals surface area (Å²) in [7, 11) is 3.14. The average molecular weight is 579 g/mol. The van der Waals surface area contributed by atoms with Gasteiger partial charge in [0.1, 0.15) is 10.7 Å². The highest BCUT2D eigenvalue weighted by Crippen LogP contribution is 2.37. The number of aromatic amines is 1. The van der Waals surface area contributed by atoms with Gasteiger partial charge in [-0.25, -0.2) is 4.39 Å². The number of benzene rings is 3. The maximum Gasteiger partial charge on any atom is 0.265 e. The predicted molar refractivity (Wildman–Crippen MR) is 159 cm³/mol. The van der Waals surface area contributed by atoms with Crippen LogP contribution in [0.2, 0.25) is 5.02 Å². The number of rotatable bonds is 8. The Morgan fingerprint density at radius 1 is 0.975 bits per heavy atom. The Kier molecular flexibility index (Phi) is 7.83. The molecule has 0 spiro atoms. The summed E-state index contributed by atoms with van der Waals surface area (Å²) in [5, 5.41) is 1.82. The van der Waals surface area contributed by atoms with Gasteiger partial charge < -0.3 is 19.4 Å². The van der Waals surface area contributed by atoms with Gasteiger partial charge >= 0.3 is 0 Å². The molecular formula is C31H28ClFN2O4S. The lowest BCUT2D eigenvalue weighted by atomic mass is 10.0. The summed E-state index contributed by atoms with van der Waals surface area (Å²) in [6.07, 6.45) is 0.493. The third kappa shape index (κ3) is 5.29. The summed E-state index contributed by atoms with van der Waals surface area (Å²) in [4.78, 5) is 32.1. The first-order valence-electron chi connectivity index (χ1n) is 12.7. The van der Waals surface area contributed by atoms with Crippen LogP contribution in [0.15, 0.2) is 59.4 Å². The quantitative estimate of drug-likeness (QED) is 0.214. The van der Waals surface area contributed by atoms with E-state index in [4.69, 9.17) is 21.1 Å². The van der Waals surface area contributed by atoms with Crippen molar-refractivity contribution in [3.63, 3.8) is 0 Å². The van der Waals surface area contributed by atoms with Gasteiger partial charge in [0.05, 0.1) is 31.3 Å². The fraction of sp³-hybridized carbons (Fsp3) is 0.226. The largest absolute Gasteiger partial charge is 0.493 e. The van der Waals surface area contributed by atoms with Crippen LogP contribution in [0, 0.1) is 19.7 Å². The van der Waals surface area contributed by atoms with Crippen molar-refractivity contribution < 1.29 is 18.7 Å². The van der Waals surface area contributed by atoms with Crippen molar-refractivity contribution in [2.45, 2.75) is 26.8 Å². The molecule has 0 saturated heterocycles. The molecule has 0 radical (unpaired) electrons. The van der Waals surface area contributed by atoms with Gasteiger partial charge in [-0.1, -0.05) is 29.8 Å². The maximum atomic E-state index is 14.0. The Morgan fingerprint density at radius 3 is 2.48 bits per heavy atom. The number of nitrogens with zero attached hydrogens (tertiary/aromatic N) is 1. The minimum Gasteiger partial charge on any atom is -0.493 e. The van der Waals surface area contributed by atoms with Crippen LogP contribution in [-0.2, 0) is 13.0 Å². The van der Waals surface area contributed by atoms with Gasteiger partial charge in [-0.3, -0.25) is 9.59 Å². The van der Waals surface area contributed by atoms with Gasteiger partial charge in [-0.15, -0.1) is 11.3 Å². The van der Waals surface area contributed by atoms with Crippen molar-refractivity contribution in [2.24, 2.45) is 0 Å². The van der Waals surface area contributed by atoms with Crippen molar-refractivity contribution in [3.05, 3.63) is 103 Å². The molecule has 1 amide bonds. The van der Waals surface area contributed by atoms with Gasteiger partial charge in [0.25, 0.3) is 11.5 Å². The number of ether oxygens (including phenoxy) is 2. The summed E-state index contributed by atoms with van der Waals surface area (Å²) in [5.74, 6) is 0.469. The van der Waals surface area contributed by atoms with E-state index in [-0.39, 0.29) is 23.0 Å². The molecule has 2 heterocycles. The van der Waals surface area contributed by atoms with Crippen LogP contribution < -0.4 is 15.0 Å². The maximum absolute atomic E-state index is 14.0. The number of fused-ring (bicyclic) bond motifs is 2. The van der Waals surface area contributed by atoms with Crippen LogP contribution >= 0.6 is 22.9 Å². The summed E-state index contributed by atoms with van der Waals surface area (Å²) in [5.41, 5.74) is 3.91. The van der Waals surface area contributed by atoms with Gasteiger partial charge in [0, 0.05) is 27.6 Å². The van der Waals surface area contributed by atoms with Gasteiger partial charge in [-0.05, 0) is 73.4 Å². The van der Waals surface area contributed by atoms with Crippen molar-refractivity contribution >= 4 is 49.8 Å². The molecule has 0 aliphatic rings. The molecule has 2 aromatic heterocycles. The number of carbonyl (C=O) groups excluding carboxylic acids is 1. The molecule has 206 valence electrons. The molecule has 6 nitrogen and oxygen atoms in total. The SMILES string of the molecule is COc1ccc(CCN(Cc2cc3c(C)ccc(C)c3[nH]c2=O)C(=O)c2sc3cc(F)ccc3c2Cl)cc1OC. The van der Waals surface area contributed by atoms with Gasteiger partial charge in [0.2, 0.25) is 0 Å². The second-order valence-corrected chi connectivity index (χ2v) is 11.1. The standard InChI is InChI=1S/C31H28ClFN2O4S/c1-17-5-6-18(2)28-23(17)14-20(30(36)34-28)16-35(12-11-19-7-10-24(38-3)25(13-19)39-4)31(37)29-27(32)22-9-8-21(33)15-26(22)40-29/h5-10,13-15H,11-12,16H2,1-4H3,(H,34,36). The Hall–Kier alpha value is -3.88. The van der Waals surface area contributed by atoms with Gasteiger partial charge in [-0.2, -0.15) is 0 Å². The smallest absolute Gasteiger partial charge is 0.265 e. The van der Waals surface area contributed by atoms with Crippen LogP contribution in [0.25, 0.3) is 21.0 Å². The van der Waals surface area contributed by atoms with Crippen LogP contribution in [0.4, 0.5) is 4.39 Å². The van der Waals surface area contributed by atoms with E-state index >= 15 is 0 Å². The first-order chi connectivity index (χ1) is 19.2. The Morgan fingerprint density at radius 2 is 1.73 bits per heavy atom. The molecule has 40 heavy (non-hydrogen) atoms. The number of aryl methyl sites for hydroxylation is 2. The molecule has 9 heteroatoms. The summed E-state index contributed by atoms with van der Waals surface area (Å²) >= 11 is 7.77. The number of thiophene rings is 1. The molecule has 0 unspecified atom stereocenters. The fourth-order valence-electron chi connectivity index (χ4n) is 4.81. The van der Waals surface area contributed by atoms with Crippen LogP contribution in [0.3, 0.4) is 0 Å². The van der Waals surface area contributed by atoms with Crippen molar-refractivity contribution in [1.29, 1.82) is 0 Å². The lowest BCUT2D eigenvalue weighted by Gasteiger charge is -2.23. The number of methoxy groups -OCH3 is 2. The lowest BCUT2D eigenvalue weighted by Crippen LogP contribution is -2.34. The monoisotopic (exact) mass is 578 g/mol. The van der Waals surface area contributed by atoms with Crippen LogP contribution in [0.1, 0.15) is 31.9 Å². The lowest BCUT2D eigenvalue weighted by molar-refractivity contribution is 0.0749. The predicted octanol–water partition coefficient (Wildman–Crippen LogP) is 7.05. The van der Waals surface area contributed by atoms with E-state index in [1.165, 1.54) is 12.1 Å². The average Bonchev–Trinajstić information content (AvgIpc) is 3.28. The minimum absolute atomic E-state index is 0.0731. The fourth-order valence-corrected chi connectivity index (χ4v) is 6.32. The number of hydrogen-bond donors (Lipinski definition) is 1. The van der Waals surface area contributed by atoms with E-state index in [9.17, 15) is 14.0 Å². The molecule has 1 N–H and O–H groups in total. The van der Waals surface area contributed by atoms with Gasteiger partial charge in [0.15, 0.2) is 11.5 Å². The number of pyridine rings is 1. The number of amides is 1. The molecule has 3 aromatic carbocycles. The van der Waals surface area contributed by atoms with E-state index in [1.807, 2.05) is 50.2 Å². The summed E-state index contributed by atoms with van der Waals surface area (Å²) in [6.45, 7) is 4.31.